The van der Waals surface area contributed by atoms with Gasteiger partial charge in [-0.25, -0.2) is 4.68 Å². The van der Waals surface area contributed by atoms with E-state index in [2.05, 4.69) is 20.5 Å². The van der Waals surface area contributed by atoms with Crippen LogP contribution in [-0.2, 0) is 11.8 Å². The quantitative estimate of drug-likeness (QED) is 0.798. The number of carbonyl (C=O) groups is 1. The fraction of sp³-hybridized carbons (Fsp3) is 0.375. The Labute approximate surface area is 134 Å². The molecule has 1 amide bonds. The number of carbonyl (C=O) groups excluding carboxylic acids is 1. The smallest absolute Gasteiger partial charge is 0.245 e. The van der Waals surface area contributed by atoms with Crippen molar-refractivity contribution in [3.05, 3.63) is 42.0 Å². The molecule has 3 rings (SSSR count). The second-order valence-electron chi connectivity index (χ2n) is 5.72. The summed E-state index contributed by atoms with van der Waals surface area (Å²) in [5, 5.41) is 11.8. The minimum atomic E-state index is -0.417. The molecule has 0 unspecified atom stereocenters. The van der Waals surface area contributed by atoms with Crippen LogP contribution in [0.15, 0.2) is 30.7 Å². The summed E-state index contributed by atoms with van der Waals surface area (Å²) in [6.07, 6.45) is 5.18. The van der Waals surface area contributed by atoms with Gasteiger partial charge in [0.25, 0.3) is 0 Å². The molecule has 3 aromatic rings. The number of aryl methyl sites for hydroxylation is 2. The largest absolute Gasteiger partial charge is 0.348 e. The van der Waals surface area contributed by atoms with Crippen LogP contribution in [0.25, 0.3) is 11.0 Å². The van der Waals surface area contributed by atoms with E-state index in [0.717, 1.165) is 22.3 Å². The molecule has 0 aromatic carbocycles. The lowest BCUT2D eigenvalue weighted by atomic mass is 10.1. The lowest BCUT2D eigenvalue weighted by Crippen LogP contribution is -2.33. The van der Waals surface area contributed by atoms with Crippen LogP contribution in [0, 0.1) is 6.92 Å². The predicted molar refractivity (Wildman–Crippen MR) is 86.7 cm³/mol. The summed E-state index contributed by atoms with van der Waals surface area (Å²) in [6.45, 7) is 5.71. The Morgan fingerprint density at radius 1 is 1.26 bits per heavy atom. The van der Waals surface area contributed by atoms with Crippen LogP contribution in [0.1, 0.15) is 37.2 Å². The van der Waals surface area contributed by atoms with Crippen molar-refractivity contribution in [2.75, 3.05) is 0 Å². The van der Waals surface area contributed by atoms with E-state index < -0.39 is 6.04 Å². The highest BCUT2D eigenvalue weighted by atomic mass is 16.2. The van der Waals surface area contributed by atoms with E-state index in [1.54, 1.807) is 28.0 Å². The fourth-order valence-corrected chi connectivity index (χ4v) is 2.74. The maximum absolute atomic E-state index is 12.6. The van der Waals surface area contributed by atoms with Crippen molar-refractivity contribution in [3.63, 3.8) is 0 Å². The van der Waals surface area contributed by atoms with Crippen molar-refractivity contribution in [2.24, 2.45) is 7.05 Å². The van der Waals surface area contributed by atoms with E-state index in [9.17, 15) is 4.79 Å². The summed E-state index contributed by atoms with van der Waals surface area (Å²) < 4.78 is 3.50. The van der Waals surface area contributed by atoms with Crippen LogP contribution in [0.2, 0.25) is 0 Å². The number of hydrogen-bond donors (Lipinski definition) is 1. The molecule has 23 heavy (non-hydrogen) atoms. The topological polar surface area (TPSA) is 77.6 Å². The number of amides is 1. The number of hydrogen-bond acceptors (Lipinski definition) is 4. The molecule has 0 aliphatic rings. The van der Waals surface area contributed by atoms with Gasteiger partial charge in [-0.3, -0.25) is 14.5 Å². The Balaban J connectivity index is 1.82. The molecule has 7 nitrogen and oxygen atoms in total. The second-order valence-corrected chi connectivity index (χ2v) is 5.72. The van der Waals surface area contributed by atoms with E-state index in [0.29, 0.717) is 0 Å². The van der Waals surface area contributed by atoms with E-state index in [4.69, 9.17) is 0 Å². The number of aromatic nitrogens is 5. The number of pyridine rings is 1. The molecule has 120 valence electrons. The summed E-state index contributed by atoms with van der Waals surface area (Å²) >= 11 is 0. The highest BCUT2D eigenvalue weighted by Gasteiger charge is 2.22. The van der Waals surface area contributed by atoms with Crippen molar-refractivity contribution < 1.29 is 4.79 Å². The molecule has 0 aliphatic heterocycles. The molecule has 0 aliphatic carbocycles. The van der Waals surface area contributed by atoms with Gasteiger partial charge in [0.2, 0.25) is 5.91 Å². The molecule has 0 fully saturated rings. The Bertz CT molecular complexity index is 835. The zero-order valence-electron chi connectivity index (χ0n) is 13.7. The molecule has 1 N–H and O–H groups in total. The first-order valence-electron chi connectivity index (χ1n) is 7.56. The molecule has 0 saturated carbocycles. The number of nitrogens with one attached hydrogen (secondary N) is 1. The normalized spacial score (nSPS) is 13.9. The van der Waals surface area contributed by atoms with Gasteiger partial charge in [0.05, 0.1) is 17.9 Å². The van der Waals surface area contributed by atoms with E-state index >= 15 is 0 Å². The molecule has 7 heteroatoms. The summed E-state index contributed by atoms with van der Waals surface area (Å²) in [7, 11) is 1.87. The first-order valence-corrected chi connectivity index (χ1v) is 7.56. The Hall–Kier alpha value is -2.70. The standard InChI is InChI=1S/C16H20N6O/c1-10(13-5-7-17-8-6-13)19-16(23)12(3)22-15-11(2)20-21(4)14(15)9-18-22/h5-10,12H,1-4H3,(H,19,23)/t10-,12-/m1/s1. The molecule has 2 atom stereocenters. The minimum Gasteiger partial charge on any atom is -0.348 e. The number of nitrogens with zero attached hydrogens (tertiary/aromatic N) is 5. The maximum Gasteiger partial charge on any atom is 0.245 e. The van der Waals surface area contributed by atoms with Gasteiger partial charge in [0.1, 0.15) is 17.1 Å². The second kappa shape index (κ2) is 5.83. The maximum atomic E-state index is 12.6. The van der Waals surface area contributed by atoms with Gasteiger partial charge < -0.3 is 5.32 Å². The van der Waals surface area contributed by atoms with Gasteiger partial charge in [-0.2, -0.15) is 10.2 Å². The van der Waals surface area contributed by atoms with Gasteiger partial charge in [0, 0.05) is 19.4 Å². The van der Waals surface area contributed by atoms with Crippen LogP contribution in [-0.4, -0.2) is 30.5 Å². The average molecular weight is 312 g/mol. The molecule has 0 radical (unpaired) electrons. The van der Waals surface area contributed by atoms with Crippen molar-refractivity contribution in [1.82, 2.24) is 29.9 Å². The van der Waals surface area contributed by atoms with Crippen molar-refractivity contribution in [3.8, 4) is 0 Å². The molecule has 0 bridgehead atoms. The van der Waals surface area contributed by atoms with E-state index in [-0.39, 0.29) is 11.9 Å². The molecular formula is C16H20N6O. The van der Waals surface area contributed by atoms with Crippen molar-refractivity contribution in [1.29, 1.82) is 0 Å². The van der Waals surface area contributed by atoms with E-state index in [1.807, 2.05) is 40.0 Å². The molecular weight excluding hydrogens is 292 g/mol. The third-order valence-corrected chi connectivity index (χ3v) is 4.08. The fourth-order valence-electron chi connectivity index (χ4n) is 2.74. The molecule has 3 heterocycles. The Morgan fingerprint density at radius 3 is 2.65 bits per heavy atom. The van der Waals surface area contributed by atoms with Crippen LogP contribution in [0.4, 0.5) is 0 Å². The van der Waals surface area contributed by atoms with Crippen LogP contribution >= 0.6 is 0 Å². The van der Waals surface area contributed by atoms with Crippen LogP contribution in [0.3, 0.4) is 0 Å². The minimum absolute atomic E-state index is 0.0810. The van der Waals surface area contributed by atoms with Gasteiger partial charge in [-0.05, 0) is 38.5 Å². The van der Waals surface area contributed by atoms with Crippen LogP contribution in [0.5, 0.6) is 0 Å². The van der Waals surface area contributed by atoms with Gasteiger partial charge >= 0.3 is 0 Å². The highest BCUT2D eigenvalue weighted by molar-refractivity contribution is 5.84. The number of fused-ring (bicyclic) bond motifs is 1. The summed E-state index contributed by atoms with van der Waals surface area (Å²) in [5.41, 5.74) is 3.70. The summed E-state index contributed by atoms with van der Waals surface area (Å²) in [4.78, 5) is 16.6. The van der Waals surface area contributed by atoms with Gasteiger partial charge in [-0.15, -0.1) is 0 Å². The average Bonchev–Trinajstić information content (AvgIpc) is 3.10. The van der Waals surface area contributed by atoms with Crippen molar-refractivity contribution >= 4 is 16.9 Å². The molecule has 0 spiro atoms. The summed E-state index contributed by atoms with van der Waals surface area (Å²) in [5.74, 6) is -0.0810. The highest BCUT2D eigenvalue weighted by Crippen LogP contribution is 2.21. The summed E-state index contributed by atoms with van der Waals surface area (Å²) in [6, 6.07) is 3.29. The van der Waals surface area contributed by atoms with Crippen LogP contribution < -0.4 is 5.32 Å². The van der Waals surface area contributed by atoms with E-state index in [1.165, 1.54) is 0 Å². The Morgan fingerprint density at radius 2 is 1.96 bits per heavy atom. The monoisotopic (exact) mass is 312 g/mol. The van der Waals surface area contributed by atoms with Gasteiger partial charge in [-0.1, -0.05) is 0 Å². The third kappa shape index (κ3) is 2.69. The molecule has 3 aromatic heterocycles. The SMILES string of the molecule is Cc1nn(C)c2cnn([C@H](C)C(=O)N[C@H](C)c3ccncc3)c12. The van der Waals surface area contributed by atoms with Crippen molar-refractivity contribution in [2.45, 2.75) is 32.9 Å². The zero-order valence-corrected chi connectivity index (χ0v) is 13.7. The number of rotatable bonds is 4. The Kier molecular flexibility index (Phi) is 3.85. The lowest BCUT2D eigenvalue weighted by molar-refractivity contribution is -0.124. The zero-order chi connectivity index (χ0) is 16.6. The van der Waals surface area contributed by atoms with Gasteiger partial charge in [0.15, 0.2) is 0 Å². The molecule has 0 saturated heterocycles. The third-order valence-electron chi connectivity index (χ3n) is 4.08. The first-order chi connectivity index (χ1) is 11.0. The first kappa shape index (κ1) is 15.2. The predicted octanol–water partition coefficient (Wildman–Crippen LogP) is 1.91. The lowest BCUT2D eigenvalue weighted by Gasteiger charge is -2.18.